The monoisotopic (exact) mass is 2030 g/mol. The molecule has 15 aromatic rings. The zero-order valence-corrected chi connectivity index (χ0v) is 81.6. The zero-order chi connectivity index (χ0) is 99.5. The van der Waals surface area contributed by atoms with E-state index in [1.807, 2.05) is 64.2 Å². The summed E-state index contributed by atoms with van der Waals surface area (Å²) in [5.41, 5.74) is 20.9. The topological polar surface area (TPSA) is 390 Å². The molecule has 5 saturated carbocycles. The summed E-state index contributed by atoms with van der Waals surface area (Å²) < 4.78 is 99.8. The van der Waals surface area contributed by atoms with Gasteiger partial charge in [-0.1, -0.05) is 71.6 Å². The molecule has 0 radical (unpaired) electrons. The molecule has 32 nitrogen and oxygen atoms in total. The SMILES string of the molecule is CCn1nc(Nc2cc(N3CCCC3c3ccc(F)cc3F)ncn2)cc1C1CC1.Fc1cc(Cl)ccc1C1CCCN1c1cc(Nc2cc(C3CC3)[nH]n2)ncn1.Fc1ccc(C2CCCN2c2cc(Nc3cc(C4CCC4)[nH]n3)ncn2)c(F)c1.Nc1nc(Nc2cc(C3CC3)[nH]n2)cc(N2CCCC2c2ccc(Cl)cc2F)n1.Nc1nc(Nc2cc(C3CC3)[nH]n2)cc(N2CCCC2c2ccc(F)cc2Cl)n1. The lowest BCUT2D eigenvalue weighted by Gasteiger charge is -2.27. The lowest BCUT2D eigenvalue weighted by atomic mass is 9.83. The Bertz CT molecular complexity index is 6940. The van der Waals surface area contributed by atoms with Crippen molar-refractivity contribution in [3.63, 3.8) is 0 Å². The van der Waals surface area contributed by atoms with E-state index in [2.05, 4.69) is 155 Å². The molecule has 0 bridgehead atoms. The van der Waals surface area contributed by atoms with Crippen LogP contribution in [0.5, 0.6) is 0 Å². The second-order valence-corrected chi connectivity index (χ2v) is 39.5. The highest BCUT2D eigenvalue weighted by Gasteiger charge is 2.38. The second kappa shape index (κ2) is 42.8. The predicted octanol–water partition coefficient (Wildman–Crippen LogP) is 23.8. The number of hydrogen-bond acceptors (Lipinski definition) is 27. The van der Waals surface area contributed by atoms with E-state index in [0.29, 0.717) is 125 Å². The molecule has 5 atom stereocenters. The summed E-state index contributed by atoms with van der Waals surface area (Å²) in [6, 6.07) is 40.7. The Kier molecular flexibility index (Phi) is 28.5. The minimum atomic E-state index is -0.565. The van der Waals surface area contributed by atoms with E-state index < -0.39 is 23.3 Å². The van der Waals surface area contributed by atoms with Crippen molar-refractivity contribution in [1.82, 2.24) is 100 Å². The number of aromatic nitrogens is 20. The molecule has 13 N–H and O–H groups in total. The number of rotatable bonds is 26. The van der Waals surface area contributed by atoms with E-state index >= 15 is 0 Å². The van der Waals surface area contributed by atoms with Gasteiger partial charge in [0, 0.05) is 207 Å². The summed E-state index contributed by atoms with van der Waals surface area (Å²) in [7, 11) is 0. The molecule has 42 heteroatoms. The van der Waals surface area contributed by atoms with Crippen LogP contribution in [0.2, 0.25) is 15.1 Å². The molecule has 15 heterocycles. The van der Waals surface area contributed by atoms with Crippen molar-refractivity contribution >= 4 is 134 Å². The van der Waals surface area contributed by atoms with Gasteiger partial charge in [0.2, 0.25) is 11.9 Å². The standard InChI is InChI=1S/C22H24F2N6.C21H22F2N6.2C20H21ClFN7.C20H20ClFN6/c1-2-30-19(14-5-6-14)11-21(28-30)27-20-12-22(26-13-25-20)29-9-3-4-18(29)16-8-7-15(23)10-17(16)24;22-14-6-7-15(16(23)9-14)18-5-2-8-29(18)21-11-19(24-12-25-21)26-20-10-17(27-28-20)13-3-1-4-13;21-14-8-12(22)5-6-13(14)16-2-1-7-29(16)19-10-17(25-20(23)26-19)24-18-9-15(27-28-18)11-3-4-11;21-12-5-6-13(14(22)8-12)16-2-1-7-29(16)19-10-17(25-20(23)26-19)24-18-9-15(27-28-18)11-3-4-11;21-13-5-6-14(15(22)8-13)17-2-1-7-28(17)20-10-18(23-11-24-20)25-19-9-16(26-27-19)12-3-4-12/h7-8,10-14,18H,2-6,9H2,1H3,(H,25,26,27,28);6-7,9-13,18H,1-5,8H2,(H2,24,25,26,27,28);2*5-6,8-11,16H,1-4,7H2,(H4,23,24,25,26,27,28);5-6,8-12,17H,1-4,7H2,(H2,23,24,25,26,27). The Balaban J connectivity index is 0.000000107. The molecule has 5 saturated heterocycles. The number of halogens is 10. The highest BCUT2D eigenvalue weighted by molar-refractivity contribution is 6.31. The number of nitrogens with one attached hydrogen (secondary N) is 9. The van der Waals surface area contributed by atoms with E-state index in [4.69, 9.17) is 46.3 Å². The van der Waals surface area contributed by atoms with Gasteiger partial charge in [-0.15, -0.1) is 0 Å². The first-order valence-electron chi connectivity index (χ1n) is 49.6. The number of nitrogen functional groups attached to an aromatic ring is 2. The molecule has 10 aliphatic rings. The van der Waals surface area contributed by atoms with E-state index in [-0.39, 0.29) is 59.6 Å². The van der Waals surface area contributed by atoms with Gasteiger partial charge in [-0.3, -0.25) is 25.1 Å². The van der Waals surface area contributed by atoms with E-state index in [1.165, 1.54) is 144 Å². The minimum Gasteiger partial charge on any atom is -0.368 e. The number of benzene rings is 5. The van der Waals surface area contributed by atoms with Crippen LogP contribution >= 0.6 is 34.8 Å². The number of nitrogens with two attached hydrogens (primary N) is 2. The number of hydrogen-bond donors (Lipinski definition) is 11. The summed E-state index contributed by atoms with van der Waals surface area (Å²) in [6.07, 6.45) is 26.8. The first-order valence-corrected chi connectivity index (χ1v) is 50.7. The third-order valence-electron chi connectivity index (χ3n) is 28.1. The van der Waals surface area contributed by atoms with Gasteiger partial charge in [0.25, 0.3) is 0 Å². The maximum absolute atomic E-state index is 14.5. The molecular formula is C103H108Cl3F7N32. The van der Waals surface area contributed by atoms with Crippen molar-refractivity contribution in [2.75, 3.05) is 95.3 Å². The third kappa shape index (κ3) is 23.0. The average molecular weight is 2030 g/mol. The van der Waals surface area contributed by atoms with Crippen LogP contribution in [0.15, 0.2) is 171 Å². The van der Waals surface area contributed by atoms with Gasteiger partial charge in [0.15, 0.2) is 29.1 Å². The number of aromatic amines is 4. The number of H-pyrrole nitrogens is 4. The molecule has 5 aromatic carbocycles. The number of nitrogens with zero attached hydrogens (tertiary/aromatic N) is 21. The van der Waals surface area contributed by atoms with Crippen LogP contribution in [0.1, 0.15) is 258 Å². The zero-order valence-electron chi connectivity index (χ0n) is 79.4. The van der Waals surface area contributed by atoms with Crippen molar-refractivity contribution in [3.05, 3.63) is 283 Å². The summed E-state index contributed by atoms with van der Waals surface area (Å²) in [6.45, 7) is 6.83. The lowest BCUT2D eigenvalue weighted by Crippen LogP contribution is -2.25. The molecule has 25 rings (SSSR count). The molecule has 5 aliphatic heterocycles. The van der Waals surface area contributed by atoms with Crippen LogP contribution in [0, 0.1) is 40.7 Å². The number of aryl methyl sites for hydroxylation is 1. The van der Waals surface area contributed by atoms with Gasteiger partial charge < -0.3 is 62.6 Å². The highest BCUT2D eigenvalue weighted by atomic mass is 35.5. The summed E-state index contributed by atoms with van der Waals surface area (Å²) in [4.78, 5) is 54.0. The molecular weight excluding hydrogens is 1920 g/mol. The Hall–Kier alpha value is -14.5. The minimum absolute atomic E-state index is 0.0112. The quantitative estimate of drug-likeness (QED) is 0.0224. The van der Waals surface area contributed by atoms with Crippen LogP contribution in [-0.2, 0) is 6.54 Å². The smallest absolute Gasteiger partial charge is 0.223 e. The average Bonchev–Trinajstić information content (AvgIpc) is 1.74. The first-order chi connectivity index (χ1) is 70.6. The molecule has 5 unspecified atom stereocenters. The predicted molar refractivity (Wildman–Crippen MR) is 546 cm³/mol. The van der Waals surface area contributed by atoms with Gasteiger partial charge in [0.05, 0.1) is 30.2 Å². The summed E-state index contributed by atoms with van der Waals surface area (Å²) >= 11 is 18.1. The lowest BCUT2D eigenvalue weighted by molar-refractivity contribution is 0.410. The van der Waals surface area contributed by atoms with Crippen LogP contribution < -0.4 is 62.6 Å². The molecule has 10 fully saturated rings. The first kappa shape index (κ1) is 96.7. The molecule has 750 valence electrons. The largest absolute Gasteiger partial charge is 0.368 e. The van der Waals surface area contributed by atoms with Gasteiger partial charge >= 0.3 is 0 Å². The van der Waals surface area contributed by atoms with Crippen LogP contribution in [-0.4, -0.2) is 133 Å². The summed E-state index contributed by atoms with van der Waals surface area (Å²) in [5, 5.41) is 51.6. The van der Waals surface area contributed by atoms with E-state index in [1.54, 1.807) is 30.3 Å². The maximum atomic E-state index is 14.5. The van der Waals surface area contributed by atoms with Crippen molar-refractivity contribution in [1.29, 1.82) is 0 Å². The van der Waals surface area contributed by atoms with Crippen molar-refractivity contribution in [2.24, 2.45) is 0 Å². The third-order valence-corrected chi connectivity index (χ3v) is 28.9. The number of anilines is 17. The van der Waals surface area contributed by atoms with Crippen LogP contribution in [0.3, 0.4) is 0 Å². The van der Waals surface area contributed by atoms with Gasteiger partial charge in [0.1, 0.15) is 118 Å². The molecule has 5 aliphatic carbocycles. The van der Waals surface area contributed by atoms with Gasteiger partial charge in [-0.2, -0.15) is 45.4 Å². The van der Waals surface area contributed by atoms with Crippen molar-refractivity contribution in [3.8, 4) is 0 Å². The fourth-order valence-corrected chi connectivity index (χ4v) is 20.8. The molecule has 0 spiro atoms. The molecule has 145 heavy (non-hydrogen) atoms. The van der Waals surface area contributed by atoms with Crippen molar-refractivity contribution in [2.45, 2.75) is 208 Å². The molecule has 10 aromatic heterocycles. The van der Waals surface area contributed by atoms with Gasteiger partial charge in [-0.05, 0) is 189 Å². The highest BCUT2D eigenvalue weighted by Crippen LogP contribution is 2.49. The Morgan fingerprint density at radius 1 is 0.303 bits per heavy atom. The Labute approximate surface area is 846 Å². The molecule has 0 amide bonds. The van der Waals surface area contributed by atoms with Crippen molar-refractivity contribution < 1.29 is 30.7 Å². The van der Waals surface area contributed by atoms with Gasteiger partial charge in [-0.25, -0.2) is 60.6 Å². The van der Waals surface area contributed by atoms with E-state index in [0.717, 1.165) is 173 Å². The fourth-order valence-electron chi connectivity index (χ4n) is 20.2. The second-order valence-electron chi connectivity index (χ2n) is 38.3. The Morgan fingerprint density at radius 2 is 0.614 bits per heavy atom. The fraction of sp³-hybridized carbons (Fsp3) is 0.369. The normalized spacial score (nSPS) is 19.1. The van der Waals surface area contributed by atoms with Crippen LogP contribution in [0.25, 0.3) is 0 Å². The van der Waals surface area contributed by atoms with E-state index in [9.17, 15) is 30.7 Å². The summed E-state index contributed by atoms with van der Waals surface area (Å²) in [5.74, 6) is 10.5. The Morgan fingerprint density at radius 3 is 0.945 bits per heavy atom. The maximum Gasteiger partial charge on any atom is 0.223 e. The van der Waals surface area contributed by atoms with Crippen LogP contribution in [0.4, 0.5) is 130 Å².